The zero-order chi connectivity index (χ0) is 25.4. The Morgan fingerprint density at radius 1 is 1.00 bits per heavy atom. The number of terminal acetylenes is 1. The molecule has 2 aromatic heterocycles. The van der Waals surface area contributed by atoms with Gasteiger partial charge in [0.2, 0.25) is 0 Å². The number of aromatic nitrogens is 3. The van der Waals surface area contributed by atoms with Crippen molar-refractivity contribution in [2.45, 2.75) is 5.54 Å². The van der Waals surface area contributed by atoms with E-state index in [0.29, 0.717) is 5.02 Å². The van der Waals surface area contributed by atoms with Crippen molar-refractivity contribution >= 4 is 22.5 Å². The number of pyridine rings is 1. The Morgan fingerprint density at radius 3 is 2.42 bits per heavy atom. The van der Waals surface area contributed by atoms with Crippen LogP contribution in [0.1, 0.15) is 22.4 Å². The summed E-state index contributed by atoms with van der Waals surface area (Å²) in [6.45, 7) is 0. The molecular formula is C30H25ClN4O. The van der Waals surface area contributed by atoms with Gasteiger partial charge in [-0.2, -0.15) is 0 Å². The molecule has 0 unspecified atom stereocenters. The summed E-state index contributed by atoms with van der Waals surface area (Å²) in [6, 6.07) is 23.4. The molecule has 178 valence electrons. The molecule has 0 spiro atoms. The lowest BCUT2D eigenvalue weighted by atomic mass is 9.79. The van der Waals surface area contributed by atoms with Crippen LogP contribution in [0.15, 0.2) is 90.1 Å². The Balaban J connectivity index is 1.87. The first-order valence-corrected chi connectivity index (χ1v) is 11.9. The van der Waals surface area contributed by atoms with Crippen LogP contribution in [0, 0.1) is 12.3 Å². The van der Waals surface area contributed by atoms with Gasteiger partial charge in [-0.25, -0.2) is 4.98 Å². The zero-order valence-electron chi connectivity index (χ0n) is 20.3. The molecule has 0 fully saturated rings. The molecule has 6 heteroatoms. The summed E-state index contributed by atoms with van der Waals surface area (Å²) in [5.41, 5.74) is 5.49. The summed E-state index contributed by atoms with van der Waals surface area (Å²) < 4.78 is 3.68. The summed E-state index contributed by atoms with van der Waals surface area (Å²) in [5, 5.41) is 5.19. The highest BCUT2D eigenvalue weighted by Crippen LogP contribution is 2.39. The quantitative estimate of drug-likeness (QED) is 0.348. The van der Waals surface area contributed by atoms with Crippen molar-refractivity contribution in [1.82, 2.24) is 19.4 Å². The van der Waals surface area contributed by atoms with E-state index in [-0.39, 0.29) is 5.56 Å². The Labute approximate surface area is 215 Å². The molecule has 0 aliphatic rings. The monoisotopic (exact) mass is 492 g/mol. The number of rotatable bonds is 5. The third-order valence-corrected chi connectivity index (χ3v) is 7.12. The zero-order valence-corrected chi connectivity index (χ0v) is 21.0. The summed E-state index contributed by atoms with van der Waals surface area (Å²) >= 11 is 6.25. The van der Waals surface area contributed by atoms with Crippen LogP contribution in [0.25, 0.3) is 22.0 Å². The van der Waals surface area contributed by atoms with E-state index in [1.165, 1.54) is 0 Å². The second kappa shape index (κ2) is 9.16. The van der Waals surface area contributed by atoms with Gasteiger partial charge in [0.15, 0.2) is 0 Å². The van der Waals surface area contributed by atoms with Crippen LogP contribution in [-0.2, 0) is 19.6 Å². The number of halogens is 1. The van der Waals surface area contributed by atoms with Gasteiger partial charge in [-0.05, 0) is 65.7 Å². The van der Waals surface area contributed by atoms with Crippen molar-refractivity contribution in [3.8, 4) is 23.5 Å². The first-order valence-electron chi connectivity index (χ1n) is 11.5. The Kier molecular flexibility index (Phi) is 6.01. The lowest BCUT2D eigenvalue weighted by molar-refractivity contribution is 0.493. The van der Waals surface area contributed by atoms with Crippen LogP contribution in [-0.4, -0.2) is 21.2 Å². The van der Waals surface area contributed by atoms with E-state index in [0.717, 1.165) is 44.4 Å². The second-order valence-corrected chi connectivity index (χ2v) is 9.25. The minimum Gasteiger partial charge on any atom is -0.335 e. The average Bonchev–Trinajstić information content (AvgIpc) is 3.34. The highest BCUT2D eigenvalue weighted by Gasteiger charge is 2.37. The third kappa shape index (κ3) is 3.72. The van der Waals surface area contributed by atoms with E-state index in [9.17, 15) is 4.79 Å². The number of nitrogens with one attached hydrogen (secondary N) is 1. The smallest absolute Gasteiger partial charge is 0.251 e. The molecule has 3 aromatic carbocycles. The molecule has 0 saturated carbocycles. The standard InChI is InChI=1S/C30H25ClN4O/c1-5-20-7-6-8-21(15-20)25-17-29(36)35(4)27-14-11-23(16-26(25)27)30(32-2,28-18-33-19-34(28)3)22-9-12-24(31)13-10-22/h1,6-19,32H,2-4H3/t30-/m1/s1. The maximum Gasteiger partial charge on any atom is 0.251 e. The van der Waals surface area contributed by atoms with E-state index in [4.69, 9.17) is 18.0 Å². The van der Waals surface area contributed by atoms with E-state index in [2.05, 4.69) is 28.4 Å². The van der Waals surface area contributed by atoms with Gasteiger partial charge in [-0.15, -0.1) is 6.42 Å². The molecule has 1 atom stereocenters. The van der Waals surface area contributed by atoms with Crippen LogP contribution in [0.4, 0.5) is 0 Å². The van der Waals surface area contributed by atoms with Crippen molar-refractivity contribution in [3.63, 3.8) is 0 Å². The molecule has 0 saturated heterocycles. The first kappa shape index (κ1) is 23.6. The van der Waals surface area contributed by atoms with Crippen molar-refractivity contribution in [3.05, 3.63) is 123 Å². The largest absolute Gasteiger partial charge is 0.335 e. The molecule has 1 N–H and O–H groups in total. The fraction of sp³-hybridized carbons (Fsp3) is 0.133. The number of fused-ring (bicyclic) bond motifs is 1. The third-order valence-electron chi connectivity index (χ3n) is 6.87. The fourth-order valence-electron chi connectivity index (χ4n) is 5.01. The molecule has 36 heavy (non-hydrogen) atoms. The van der Waals surface area contributed by atoms with Crippen molar-refractivity contribution in [1.29, 1.82) is 0 Å². The normalized spacial score (nSPS) is 12.9. The van der Waals surface area contributed by atoms with E-state index in [1.54, 1.807) is 24.0 Å². The summed E-state index contributed by atoms with van der Waals surface area (Å²) in [6.07, 6.45) is 9.32. The molecule has 5 rings (SSSR count). The Morgan fingerprint density at radius 2 is 1.75 bits per heavy atom. The second-order valence-electron chi connectivity index (χ2n) is 8.81. The van der Waals surface area contributed by atoms with Crippen LogP contribution in [0.3, 0.4) is 0 Å². The van der Waals surface area contributed by atoms with Gasteiger partial charge in [-0.3, -0.25) is 4.79 Å². The van der Waals surface area contributed by atoms with Gasteiger partial charge in [0.25, 0.3) is 5.56 Å². The summed E-state index contributed by atoms with van der Waals surface area (Å²) in [5.74, 6) is 2.69. The van der Waals surface area contributed by atoms with Crippen LogP contribution in [0.5, 0.6) is 0 Å². The molecule has 5 aromatic rings. The van der Waals surface area contributed by atoms with Gasteiger partial charge in [-0.1, -0.05) is 47.9 Å². The van der Waals surface area contributed by atoms with Crippen LogP contribution in [0.2, 0.25) is 5.02 Å². The molecular weight excluding hydrogens is 468 g/mol. The molecule has 0 radical (unpaired) electrons. The number of benzene rings is 3. The number of hydrogen-bond acceptors (Lipinski definition) is 3. The van der Waals surface area contributed by atoms with E-state index in [1.807, 2.05) is 79.5 Å². The Bertz CT molecular complexity index is 1690. The van der Waals surface area contributed by atoms with Crippen molar-refractivity contribution in [2.24, 2.45) is 14.1 Å². The predicted octanol–water partition coefficient (Wildman–Crippen LogP) is 5.09. The molecule has 0 aliphatic carbocycles. The minimum absolute atomic E-state index is 0.0828. The van der Waals surface area contributed by atoms with Crippen molar-refractivity contribution in [2.75, 3.05) is 7.05 Å². The number of imidazole rings is 1. The summed E-state index contributed by atoms with van der Waals surface area (Å²) in [7, 11) is 5.70. The van der Waals surface area contributed by atoms with Gasteiger partial charge < -0.3 is 14.5 Å². The number of hydrogen-bond donors (Lipinski definition) is 1. The molecule has 0 bridgehead atoms. The Hall–Kier alpha value is -4.11. The SMILES string of the molecule is C#Cc1cccc(-c2cc(=O)n(C)c3ccc([C@](NC)(c4ccc(Cl)cc4)c4cncn4C)cc23)c1. The lowest BCUT2D eigenvalue weighted by Gasteiger charge is -2.35. The van der Waals surface area contributed by atoms with Gasteiger partial charge in [0, 0.05) is 36.1 Å². The predicted molar refractivity (Wildman–Crippen MR) is 146 cm³/mol. The highest BCUT2D eigenvalue weighted by molar-refractivity contribution is 6.30. The number of nitrogens with zero attached hydrogens (tertiary/aromatic N) is 3. The van der Waals surface area contributed by atoms with Crippen LogP contribution < -0.4 is 10.9 Å². The van der Waals surface area contributed by atoms with Crippen LogP contribution >= 0.6 is 11.6 Å². The van der Waals surface area contributed by atoms with E-state index >= 15 is 0 Å². The fourth-order valence-corrected chi connectivity index (χ4v) is 5.13. The van der Waals surface area contributed by atoms with Gasteiger partial charge >= 0.3 is 0 Å². The topological polar surface area (TPSA) is 51.9 Å². The molecule has 0 aliphatic heterocycles. The molecule has 0 amide bonds. The van der Waals surface area contributed by atoms with Crippen molar-refractivity contribution < 1.29 is 0 Å². The maximum absolute atomic E-state index is 12.9. The lowest BCUT2D eigenvalue weighted by Crippen LogP contribution is -2.43. The first-order chi connectivity index (χ1) is 17.4. The summed E-state index contributed by atoms with van der Waals surface area (Å²) in [4.78, 5) is 17.3. The number of aryl methyl sites for hydroxylation is 2. The maximum atomic E-state index is 12.9. The molecule has 5 nitrogen and oxygen atoms in total. The molecule has 2 heterocycles. The van der Waals surface area contributed by atoms with E-state index < -0.39 is 5.54 Å². The average molecular weight is 493 g/mol. The minimum atomic E-state index is -0.726. The van der Waals surface area contributed by atoms with Gasteiger partial charge in [0.05, 0.1) is 23.7 Å². The highest BCUT2D eigenvalue weighted by atomic mass is 35.5. The van der Waals surface area contributed by atoms with Gasteiger partial charge in [0.1, 0.15) is 5.54 Å².